The zero-order chi connectivity index (χ0) is 14.9. The van der Waals surface area contributed by atoms with Gasteiger partial charge in [0.25, 0.3) is 0 Å². The van der Waals surface area contributed by atoms with Crippen molar-refractivity contribution in [1.82, 2.24) is 9.13 Å². The van der Waals surface area contributed by atoms with Gasteiger partial charge >= 0.3 is 17.1 Å². The Labute approximate surface area is 122 Å². The predicted molar refractivity (Wildman–Crippen MR) is 76.4 cm³/mol. The molecule has 0 unspecified atom stereocenters. The van der Waals surface area contributed by atoms with Crippen molar-refractivity contribution in [1.29, 1.82) is 0 Å². The van der Waals surface area contributed by atoms with Gasteiger partial charge in [0.1, 0.15) is 6.54 Å². The van der Waals surface area contributed by atoms with Crippen LogP contribution in [0.3, 0.4) is 0 Å². The molecule has 0 atom stereocenters. The molecule has 0 spiro atoms. The van der Waals surface area contributed by atoms with Crippen molar-refractivity contribution in [2.24, 2.45) is 0 Å². The van der Waals surface area contributed by atoms with E-state index >= 15 is 0 Å². The number of benzene rings is 1. The second-order valence-electron chi connectivity index (χ2n) is 4.23. The van der Waals surface area contributed by atoms with Crippen molar-refractivity contribution in [3.05, 3.63) is 61.3 Å². The molecule has 1 aromatic heterocycles. The lowest BCUT2D eigenvalue weighted by Gasteiger charge is -2.09. The summed E-state index contributed by atoms with van der Waals surface area (Å²) in [6.07, 6.45) is 2.67. The molecule has 2 rings (SSSR count). The molecular weight excluding hydrogens is 328 g/mol. The van der Waals surface area contributed by atoms with Gasteiger partial charge in [0, 0.05) is 22.6 Å². The van der Waals surface area contributed by atoms with E-state index in [1.165, 1.54) is 17.0 Å². The molecule has 104 valence electrons. The molecule has 0 fully saturated rings. The van der Waals surface area contributed by atoms with Gasteiger partial charge in [-0.1, -0.05) is 15.9 Å². The Kier molecular flexibility index (Phi) is 3.89. The third-order valence-corrected chi connectivity index (χ3v) is 3.67. The van der Waals surface area contributed by atoms with Gasteiger partial charge in [0.15, 0.2) is 0 Å². The Balaban J connectivity index is 2.57. The zero-order valence-corrected chi connectivity index (χ0v) is 12.1. The normalized spacial score (nSPS) is 10.5. The van der Waals surface area contributed by atoms with Crippen LogP contribution in [-0.2, 0) is 11.3 Å². The second-order valence-corrected chi connectivity index (χ2v) is 5.09. The van der Waals surface area contributed by atoms with Crippen LogP contribution in [0.5, 0.6) is 0 Å². The number of halogens is 1. The van der Waals surface area contributed by atoms with Crippen LogP contribution in [-0.4, -0.2) is 20.2 Å². The highest BCUT2D eigenvalue weighted by Crippen LogP contribution is 2.18. The molecule has 0 aliphatic heterocycles. The van der Waals surface area contributed by atoms with Gasteiger partial charge < -0.3 is 5.11 Å². The quantitative estimate of drug-likeness (QED) is 0.851. The fourth-order valence-corrected chi connectivity index (χ4v) is 2.01. The summed E-state index contributed by atoms with van der Waals surface area (Å²) in [5.41, 5.74) is -0.176. The number of carboxylic acids is 1. The van der Waals surface area contributed by atoms with E-state index in [2.05, 4.69) is 15.9 Å². The number of carbonyl (C=O) groups is 1. The highest BCUT2D eigenvalue weighted by atomic mass is 79.9. The molecule has 0 bridgehead atoms. The molecule has 6 nitrogen and oxygen atoms in total. The molecule has 0 radical (unpaired) electrons. The third-order valence-electron chi connectivity index (χ3n) is 2.78. The molecular formula is C13H11BrN2O4. The number of hydrogen-bond donors (Lipinski definition) is 1. The first-order chi connectivity index (χ1) is 9.40. The number of nitrogens with zero attached hydrogens (tertiary/aromatic N) is 2. The van der Waals surface area contributed by atoms with Gasteiger partial charge in [-0.05, 0) is 30.7 Å². The van der Waals surface area contributed by atoms with Gasteiger partial charge in [-0.2, -0.15) is 0 Å². The van der Waals surface area contributed by atoms with E-state index in [-0.39, 0.29) is 0 Å². The lowest BCUT2D eigenvalue weighted by atomic mass is 10.2. The maximum Gasteiger partial charge on any atom is 0.323 e. The van der Waals surface area contributed by atoms with E-state index in [9.17, 15) is 14.4 Å². The predicted octanol–water partition coefficient (Wildman–Crippen LogP) is 1.15. The maximum absolute atomic E-state index is 12.0. The molecule has 0 saturated heterocycles. The average molecular weight is 339 g/mol. The molecule has 1 aromatic carbocycles. The number of rotatable bonds is 3. The Morgan fingerprint density at radius 1 is 1.25 bits per heavy atom. The maximum atomic E-state index is 12.0. The van der Waals surface area contributed by atoms with Crippen molar-refractivity contribution >= 4 is 21.9 Å². The lowest BCUT2D eigenvalue weighted by Crippen LogP contribution is -2.40. The number of aromatic nitrogens is 2. The van der Waals surface area contributed by atoms with Gasteiger partial charge in [0.05, 0.1) is 0 Å². The van der Waals surface area contributed by atoms with E-state index in [4.69, 9.17) is 5.11 Å². The van der Waals surface area contributed by atoms with Crippen LogP contribution in [0.15, 0.2) is 44.7 Å². The van der Waals surface area contributed by atoms with E-state index < -0.39 is 23.6 Å². The summed E-state index contributed by atoms with van der Waals surface area (Å²) in [6, 6.07) is 5.23. The largest absolute Gasteiger partial charge is 0.480 e. The number of aliphatic carboxylic acids is 1. The zero-order valence-electron chi connectivity index (χ0n) is 10.5. The summed E-state index contributed by atoms with van der Waals surface area (Å²) >= 11 is 3.36. The van der Waals surface area contributed by atoms with Crippen molar-refractivity contribution in [2.45, 2.75) is 13.5 Å². The standard InChI is InChI=1S/C13H11BrN2O4/c1-8-6-9(2-3-10(8)14)16-5-4-15(7-11(17)18)12(19)13(16)20/h2-6H,7H2,1H3,(H,17,18). The summed E-state index contributed by atoms with van der Waals surface area (Å²) < 4.78 is 2.96. The van der Waals surface area contributed by atoms with E-state index in [0.717, 1.165) is 14.6 Å². The Bertz CT molecular complexity index is 792. The van der Waals surface area contributed by atoms with E-state index in [0.29, 0.717) is 5.69 Å². The minimum atomic E-state index is -1.18. The molecule has 0 amide bonds. The summed E-state index contributed by atoms with van der Waals surface area (Å²) in [6.45, 7) is 1.33. The van der Waals surface area contributed by atoms with Gasteiger partial charge in [-0.15, -0.1) is 0 Å². The monoisotopic (exact) mass is 338 g/mol. The minimum absolute atomic E-state index is 0.533. The molecule has 0 saturated carbocycles. The first-order valence-electron chi connectivity index (χ1n) is 5.70. The highest BCUT2D eigenvalue weighted by molar-refractivity contribution is 9.10. The number of aryl methyl sites for hydroxylation is 1. The van der Waals surface area contributed by atoms with E-state index in [1.54, 1.807) is 18.2 Å². The van der Waals surface area contributed by atoms with Crippen LogP contribution in [0.1, 0.15) is 5.56 Å². The Hall–Kier alpha value is -2.15. The molecule has 1 heterocycles. The van der Waals surface area contributed by atoms with Crippen LogP contribution in [0, 0.1) is 6.92 Å². The molecule has 2 aromatic rings. The number of hydrogen-bond acceptors (Lipinski definition) is 3. The lowest BCUT2D eigenvalue weighted by molar-refractivity contribution is -0.137. The van der Waals surface area contributed by atoms with Crippen LogP contribution >= 0.6 is 15.9 Å². The first kappa shape index (κ1) is 14.3. The molecule has 0 aliphatic carbocycles. The van der Waals surface area contributed by atoms with Crippen molar-refractivity contribution in [2.75, 3.05) is 0 Å². The second kappa shape index (κ2) is 5.46. The molecule has 1 N–H and O–H groups in total. The average Bonchev–Trinajstić information content (AvgIpc) is 2.38. The van der Waals surface area contributed by atoms with Gasteiger partial charge in [-0.25, -0.2) is 0 Å². The van der Waals surface area contributed by atoms with Crippen molar-refractivity contribution < 1.29 is 9.90 Å². The SMILES string of the molecule is Cc1cc(-n2ccn(CC(=O)O)c(=O)c2=O)ccc1Br. The van der Waals surface area contributed by atoms with Crippen LogP contribution in [0.2, 0.25) is 0 Å². The van der Waals surface area contributed by atoms with Crippen LogP contribution < -0.4 is 11.1 Å². The fourth-order valence-electron chi connectivity index (χ4n) is 1.76. The van der Waals surface area contributed by atoms with Crippen LogP contribution in [0.25, 0.3) is 5.69 Å². The van der Waals surface area contributed by atoms with E-state index in [1.807, 2.05) is 6.92 Å². The first-order valence-corrected chi connectivity index (χ1v) is 6.50. The van der Waals surface area contributed by atoms with Gasteiger partial charge in [-0.3, -0.25) is 23.5 Å². The molecule has 0 aliphatic rings. The third kappa shape index (κ3) is 2.72. The van der Waals surface area contributed by atoms with Crippen molar-refractivity contribution in [3.63, 3.8) is 0 Å². The Morgan fingerprint density at radius 3 is 2.55 bits per heavy atom. The topological polar surface area (TPSA) is 81.3 Å². The van der Waals surface area contributed by atoms with Crippen molar-refractivity contribution in [3.8, 4) is 5.69 Å². The minimum Gasteiger partial charge on any atom is -0.480 e. The smallest absolute Gasteiger partial charge is 0.323 e. The highest BCUT2D eigenvalue weighted by Gasteiger charge is 2.09. The van der Waals surface area contributed by atoms with Gasteiger partial charge in [0.2, 0.25) is 0 Å². The van der Waals surface area contributed by atoms with Crippen LogP contribution in [0.4, 0.5) is 0 Å². The summed E-state index contributed by atoms with van der Waals surface area (Å²) in [7, 11) is 0. The summed E-state index contributed by atoms with van der Waals surface area (Å²) in [5, 5.41) is 8.66. The fraction of sp³-hybridized carbons (Fsp3) is 0.154. The Morgan fingerprint density at radius 2 is 1.95 bits per heavy atom. The summed E-state index contributed by atoms with van der Waals surface area (Å²) in [4.78, 5) is 34.4. The number of carboxylic acid groups (broad SMARTS) is 1. The summed E-state index contributed by atoms with van der Waals surface area (Å²) in [5.74, 6) is -1.18. The molecule has 20 heavy (non-hydrogen) atoms. The molecule has 7 heteroatoms.